The van der Waals surface area contributed by atoms with Crippen molar-refractivity contribution >= 4 is 5.97 Å². The summed E-state index contributed by atoms with van der Waals surface area (Å²) in [5.74, 6) is 3.66. The standard InChI is InChI=1S/C32H61NO2/c1-8-9-10-11-12-13-14-15-20-33(30-21-25(6)16-18-27(30)23(2)3)32-28(24(4)5)19-17-26(7)29(32)22-31(34)35/h23-30,32H,8-22H2,1-7H3,(H,34,35). The Bertz CT molecular complexity index is 588. The molecule has 2 fully saturated rings. The van der Waals surface area contributed by atoms with E-state index in [1.54, 1.807) is 0 Å². The molecule has 206 valence electrons. The molecule has 0 aliphatic heterocycles. The van der Waals surface area contributed by atoms with Gasteiger partial charge in [-0.2, -0.15) is 0 Å². The van der Waals surface area contributed by atoms with Gasteiger partial charge in [-0.05, 0) is 73.7 Å². The number of rotatable bonds is 15. The molecule has 2 aliphatic rings. The maximum absolute atomic E-state index is 12.0. The van der Waals surface area contributed by atoms with Crippen LogP contribution in [0.3, 0.4) is 0 Å². The minimum Gasteiger partial charge on any atom is -0.481 e. The fraction of sp³-hybridized carbons (Fsp3) is 0.969. The van der Waals surface area contributed by atoms with E-state index in [1.165, 1.54) is 90.0 Å². The maximum atomic E-state index is 12.0. The summed E-state index contributed by atoms with van der Waals surface area (Å²) in [4.78, 5) is 15.0. The van der Waals surface area contributed by atoms with Crippen LogP contribution in [0.15, 0.2) is 0 Å². The van der Waals surface area contributed by atoms with Crippen LogP contribution in [0.25, 0.3) is 0 Å². The second-order valence-corrected chi connectivity index (χ2v) is 13.3. The highest BCUT2D eigenvalue weighted by Gasteiger charge is 2.46. The zero-order valence-electron chi connectivity index (χ0n) is 24.6. The lowest BCUT2D eigenvalue weighted by molar-refractivity contribution is -0.141. The zero-order valence-corrected chi connectivity index (χ0v) is 24.6. The van der Waals surface area contributed by atoms with Crippen LogP contribution in [0.1, 0.15) is 138 Å². The molecule has 2 aliphatic carbocycles. The van der Waals surface area contributed by atoms with Crippen molar-refractivity contribution in [2.75, 3.05) is 6.54 Å². The monoisotopic (exact) mass is 491 g/mol. The number of nitrogens with zero attached hydrogens (tertiary/aromatic N) is 1. The summed E-state index contributed by atoms with van der Waals surface area (Å²) in [5, 5.41) is 9.92. The summed E-state index contributed by atoms with van der Waals surface area (Å²) in [7, 11) is 0. The molecule has 0 aromatic heterocycles. The van der Waals surface area contributed by atoms with Crippen LogP contribution >= 0.6 is 0 Å². The van der Waals surface area contributed by atoms with Crippen molar-refractivity contribution in [3.63, 3.8) is 0 Å². The van der Waals surface area contributed by atoms with Gasteiger partial charge in [0, 0.05) is 18.5 Å². The van der Waals surface area contributed by atoms with Crippen molar-refractivity contribution in [3.8, 4) is 0 Å². The van der Waals surface area contributed by atoms with Gasteiger partial charge in [-0.1, -0.05) is 106 Å². The molecule has 7 unspecified atom stereocenters. The quantitative estimate of drug-likeness (QED) is 0.232. The first-order chi connectivity index (χ1) is 16.7. The average Bonchev–Trinajstić information content (AvgIpc) is 2.79. The first-order valence-corrected chi connectivity index (χ1v) is 15.6. The molecule has 1 N–H and O–H groups in total. The molecule has 3 nitrogen and oxygen atoms in total. The number of carboxylic acids is 1. The molecule has 2 saturated carbocycles. The molecule has 0 aromatic rings. The molecule has 0 aromatic carbocycles. The predicted molar refractivity (Wildman–Crippen MR) is 151 cm³/mol. The van der Waals surface area contributed by atoms with Crippen molar-refractivity contribution in [1.82, 2.24) is 4.90 Å². The first kappa shape index (κ1) is 30.7. The maximum Gasteiger partial charge on any atom is 0.303 e. The van der Waals surface area contributed by atoms with Crippen LogP contribution in [-0.2, 0) is 4.79 Å². The average molecular weight is 492 g/mol. The summed E-state index contributed by atoms with van der Waals surface area (Å²) in [6.45, 7) is 17.9. The highest BCUT2D eigenvalue weighted by molar-refractivity contribution is 5.67. The van der Waals surface area contributed by atoms with Gasteiger partial charge in [0.1, 0.15) is 0 Å². The largest absolute Gasteiger partial charge is 0.481 e. The summed E-state index contributed by atoms with van der Waals surface area (Å²) >= 11 is 0. The predicted octanol–water partition coefficient (Wildman–Crippen LogP) is 9.05. The van der Waals surface area contributed by atoms with E-state index in [1.807, 2.05) is 0 Å². The van der Waals surface area contributed by atoms with E-state index in [9.17, 15) is 9.90 Å². The van der Waals surface area contributed by atoms with Crippen molar-refractivity contribution < 1.29 is 9.90 Å². The van der Waals surface area contributed by atoms with E-state index in [4.69, 9.17) is 0 Å². The van der Waals surface area contributed by atoms with Crippen LogP contribution in [-0.4, -0.2) is 34.6 Å². The number of hydrogen-bond acceptors (Lipinski definition) is 2. The minimum absolute atomic E-state index is 0.285. The number of carbonyl (C=O) groups is 1. The number of aliphatic carboxylic acids is 1. The van der Waals surface area contributed by atoms with Crippen LogP contribution in [0.5, 0.6) is 0 Å². The zero-order chi connectivity index (χ0) is 26.0. The topological polar surface area (TPSA) is 40.5 Å². The summed E-state index contributed by atoms with van der Waals surface area (Å²) < 4.78 is 0. The second kappa shape index (κ2) is 15.6. The number of hydrogen-bond donors (Lipinski definition) is 1. The molecule has 0 heterocycles. The van der Waals surface area contributed by atoms with Crippen molar-refractivity contribution in [2.24, 2.45) is 41.4 Å². The van der Waals surface area contributed by atoms with Crippen LogP contribution in [0.4, 0.5) is 0 Å². The summed E-state index contributed by atoms with van der Waals surface area (Å²) in [6, 6.07) is 1.05. The molecule has 3 heteroatoms. The Morgan fingerprint density at radius 3 is 1.97 bits per heavy atom. The second-order valence-electron chi connectivity index (χ2n) is 13.3. The van der Waals surface area contributed by atoms with Gasteiger partial charge in [0.25, 0.3) is 0 Å². The van der Waals surface area contributed by atoms with Gasteiger partial charge in [-0.3, -0.25) is 9.69 Å². The van der Waals surface area contributed by atoms with Gasteiger partial charge < -0.3 is 5.11 Å². The van der Waals surface area contributed by atoms with E-state index in [0.29, 0.717) is 42.2 Å². The molecular formula is C32H61NO2. The van der Waals surface area contributed by atoms with Gasteiger partial charge in [0.15, 0.2) is 0 Å². The lowest BCUT2D eigenvalue weighted by Crippen LogP contribution is -2.59. The van der Waals surface area contributed by atoms with Crippen molar-refractivity contribution in [1.29, 1.82) is 0 Å². The van der Waals surface area contributed by atoms with Crippen LogP contribution in [0.2, 0.25) is 0 Å². The van der Waals surface area contributed by atoms with E-state index in [0.717, 1.165) is 11.8 Å². The molecule has 2 rings (SSSR count). The highest BCUT2D eigenvalue weighted by atomic mass is 16.4. The fourth-order valence-electron chi connectivity index (χ4n) is 7.73. The normalized spacial score (nSPS) is 32.0. The third-order valence-electron chi connectivity index (χ3n) is 9.90. The Morgan fingerprint density at radius 1 is 0.829 bits per heavy atom. The Hall–Kier alpha value is -0.570. The highest BCUT2D eigenvalue weighted by Crippen LogP contribution is 2.46. The van der Waals surface area contributed by atoms with Gasteiger partial charge in [0.05, 0.1) is 0 Å². The smallest absolute Gasteiger partial charge is 0.303 e. The van der Waals surface area contributed by atoms with Gasteiger partial charge >= 0.3 is 5.97 Å². The molecule has 0 amide bonds. The van der Waals surface area contributed by atoms with Crippen molar-refractivity contribution in [2.45, 2.75) is 150 Å². The van der Waals surface area contributed by atoms with E-state index >= 15 is 0 Å². The molecular weight excluding hydrogens is 430 g/mol. The number of carboxylic acid groups (broad SMARTS) is 1. The molecule has 35 heavy (non-hydrogen) atoms. The lowest BCUT2D eigenvalue weighted by atomic mass is 9.64. The third kappa shape index (κ3) is 9.35. The van der Waals surface area contributed by atoms with Crippen molar-refractivity contribution in [3.05, 3.63) is 0 Å². The Kier molecular flexibility index (Phi) is 13.7. The van der Waals surface area contributed by atoms with Gasteiger partial charge in [-0.15, -0.1) is 0 Å². The molecule has 0 radical (unpaired) electrons. The van der Waals surface area contributed by atoms with Gasteiger partial charge in [-0.25, -0.2) is 0 Å². The summed E-state index contributed by atoms with van der Waals surface area (Å²) in [6.07, 6.45) is 17.6. The van der Waals surface area contributed by atoms with E-state index in [-0.39, 0.29) is 5.92 Å². The van der Waals surface area contributed by atoms with E-state index < -0.39 is 5.97 Å². The number of unbranched alkanes of at least 4 members (excludes halogenated alkanes) is 7. The Labute approximate surface area is 219 Å². The fourth-order valence-corrected chi connectivity index (χ4v) is 7.73. The lowest BCUT2D eigenvalue weighted by Gasteiger charge is -2.54. The van der Waals surface area contributed by atoms with Crippen LogP contribution < -0.4 is 0 Å². The summed E-state index contributed by atoms with van der Waals surface area (Å²) in [5.41, 5.74) is 0. The first-order valence-electron chi connectivity index (χ1n) is 15.6. The minimum atomic E-state index is -0.597. The molecule has 0 saturated heterocycles. The SMILES string of the molecule is CCCCCCCCCCN(C1CC(C)CCC1C(C)C)C1C(C(C)C)CCC(C)C1CC(=O)O. The molecule has 0 spiro atoms. The molecule has 7 atom stereocenters. The molecule has 0 bridgehead atoms. The van der Waals surface area contributed by atoms with E-state index in [2.05, 4.69) is 53.4 Å². The third-order valence-corrected chi connectivity index (χ3v) is 9.90. The Balaban J connectivity index is 2.27. The Morgan fingerprint density at radius 2 is 1.40 bits per heavy atom. The van der Waals surface area contributed by atoms with Gasteiger partial charge in [0.2, 0.25) is 0 Å². The van der Waals surface area contributed by atoms with Crippen LogP contribution in [0, 0.1) is 41.4 Å².